The fourth-order valence-corrected chi connectivity index (χ4v) is 5.23. The Kier molecular flexibility index (Phi) is 5.04. The molecule has 0 amide bonds. The van der Waals surface area contributed by atoms with E-state index < -0.39 is 11.7 Å². The molecule has 1 fully saturated rings. The van der Waals surface area contributed by atoms with Crippen LogP contribution in [0.1, 0.15) is 56.4 Å². The van der Waals surface area contributed by atoms with Crippen molar-refractivity contribution in [3.05, 3.63) is 35.0 Å². The molecule has 0 saturated carbocycles. The van der Waals surface area contributed by atoms with Crippen LogP contribution in [0.25, 0.3) is 10.9 Å². The summed E-state index contributed by atoms with van der Waals surface area (Å²) < 4.78 is 39.7. The zero-order chi connectivity index (χ0) is 21.0. The first kappa shape index (κ1) is 20.5. The average molecular weight is 406 g/mol. The highest BCUT2D eigenvalue weighted by Gasteiger charge is 2.40. The average Bonchev–Trinajstić information content (AvgIpc) is 3.04. The van der Waals surface area contributed by atoms with Gasteiger partial charge in [-0.1, -0.05) is 20.8 Å². The van der Waals surface area contributed by atoms with Crippen LogP contribution >= 0.6 is 0 Å². The van der Waals surface area contributed by atoms with E-state index in [0.29, 0.717) is 11.8 Å². The smallest absolute Gasteiger partial charge is 0.358 e. The molecule has 2 aliphatic rings. The van der Waals surface area contributed by atoms with Gasteiger partial charge in [-0.2, -0.15) is 13.2 Å². The number of aldehydes is 1. The number of H-pyrrole nitrogens is 1. The number of rotatable bonds is 4. The molecule has 1 aromatic carbocycles. The molecule has 3 nitrogen and oxygen atoms in total. The fraction of sp³-hybridized carbons (Fsp3) is 0.609. The zero-order valence-electron chi connectivity index (χ0n) is 17.3. The Bertz CT molecular complexity index is 915. The zero-order valence-corrected chi connectivity index (χ0v) is 17.3. The molecule has 1 aliphatic heterocycles. The SMILES string of the molecule is C[C@H]1c2c([nH]c3ccc(C(F)(F)F)cc23)CC2CCN(CCC(C)(C)C=O)C[C@@H]21. The predicted octanol–water partition coefficient (Wildman–Crippen LogP) is 5.40. The summed E-state index contributed by atoms with van der Waals surface area (Å²) in [4.78, 5) is 17.0. The topological polar surface area (TPSA) is 36.1 Å². The number of fused-ring (bicyclic) bond motifs is 4. The number of piperidine rings is 1. The number of aromatic nitrogens is 1. The molecule has 6 heteroatoms. The Balaban J connectivity index is 1.60. The van der Waals surface area contributed by atoms with Crippen molar-refractivity contribution in [1.82, 2.24) is 9.88 Å². The van der Waals surface area contributed by atoms with Gasteiger partial charge in [0.25, 0.3) is 0 Å². The summed E-state index contributed by atoms with van der Waals surface area (Å²) in [6, 6.07) is 4.05. The third-order valence-corrected chi connectivity index (χ3v) is 7.09. The van der Waals surface area contributed by atoms with Gasteiger partial charge in [0.05, 0.1) is 5.56 Å². The standard InChI is InChI=1S/C23H29F3N2O/c1-14-18-12-28(9-7-22(2,3)13-29)8-6-15(18)10-20-21(14)17-11-16(23(24,25)26)4-5-19(17)27-20/h4-5,11,13-15,18,27H,6-10,12H2,1-3H3/t14-,15?,18-/m1/s1. The van der Waals surface area contributed by atoms with Gasteiger partial charge in [-0.25, -0.2) is 0 Å². The summed E-state index contributed by atoms with van der Waals surface area (Å²) in [6.45, 7) is 8.96. The Labute approximate surface area is 169 Å². The number of hydrogen-bond acceptors (Lipinski definition) is 2. The number of likely N-dealkylation sites (tertiary alicyclic amines) is 1. The number of carbonyl (C=O) groups is 1. The minimum atomic E-state index is -4.33. The lowest BCUT2D eigenvalue weighted by atomic mass is 9.68. The van der Waals surface area contributed by atoms with Crippen molar-refractivity contribution in [2.24, 2.45) is 17.3 Å². The van der Waals surface area contributed by atoms with Crippen molar-refractivity contribution in [3.8, 4) is 0 Å². The molecule has 0 bridgehead atoms. The van der Waals surface area contributed by atoms with Gasteiger partial charge in [-0.3, -0.25) is 0 Å². The monoisotopic (exact) mass is 406 g/mol. The fourth-order valence-electron chi connectivity index (χ4n) is 5.23. The van der Waals surface area contributed by atoms with Gasteiger partial charge in [-0.15, -0.1) is 0 Å². The molecular formula is C23H29F3N2O. The van der Waals surface area contributed by atoms with Crippen molar-refractivity contribution < 1.29 is 18.0 Å². The van der Waals surface area contributed by atoms with Gasteiger partial charge in [-0.05, 0) is 73.9 Å². The van der Waals surface area contributed by atoms with E-state index in [1.54, 1.807) is 6.07 Å². The van der Waals surface area contributed by atoms with Gasteiger partial charge in [0.15, 0.2) is 0 Å². The second-order valence-corrected chi connectivity index (χ2v) is 9.64. The molecule has 0 radical (unpaired) electrons. The van der Waals surface area contributed by atoms with E-state index in [-0.39, 0.29) is 11.3 Å². The van der Waals surface area contributed by atoms with Crippen LogP contribution in [0.15, 0.2) is 18.2 Å². The van der Waals surface area contributed by atoms with E-state index in [0.717, 1.165) is 67.3 Å². The first-order chi connectivity index (χ1) is 13.6. The minimum absolute atomic E-state index is 0.211. The van der Waals surface area contributed by atoms with E-state index in [1.807, 2.05) is 13.8 Å². The molecule has 158 valence electrons. The van der Waals surface area contributed by atoms with Crippen LogP contribution in [0.4, 0.5) is 13.2 Å². The maximum Gasteiger partial charge on any atom is 0.416 e. The number of nitrogens with one attached hydrogen (secondary N) is 1. The molecule has 0 spiro atoms. The minimum Gasteiger partial charge on any atom is -0.358 e. The van der Waals surface area contributed by atoms with Crippen molar-refractivity contribution in [2.45, 2.75) is 52.1 Å². The molecule has 3 atom stereocenters. The maximum absolute atomic E-state index is 13.2. The highest BCUT2D eigenvalue weighted by atomic mass is 19.4. The van der Waals surface area contributed by atoms with Gasteiger partial charge >= 0.3 is 6.18 Å². The van der Waals surface area contributed by atoms with Crippen LogP contribution in [-0.4, -0.2) is 35.8 Å². The van der Waals surface area contributed by atoms with Gasteiger partial charge in [0.1, 0.15) is 6.29 Å². The Morgan fingerprint density at radius 3 is 2.72 bits per heavy atom. The molecule has 1 aliphatic carbocycles. The third kappa shape index (κ3) is 3.83. The number of alkyl halides is 3. The third-order valence-electron chi connectivity index (χ3n) is 7.09. The second kappa shape index (κ2) is 7.15. The lowest BCUT2D eigenvalue weighted by molar-refractivity contribution is -0.137. The highest BCUT2D eigenvalue weighted by molar-refractivity contribution is 5.86. The predicted molar refractivity (Wildman–Crippen MR) is 108 cm³/mol. The largest absolute Gasteiger partial charge is 0.416 e. The van der Waals surface area contributed by atoms with Crippen LogP contribution in [0, 0.1) is 17.3 Å². The molecule has 29 heavy (non-hydrogen) atoms. The number of carbonyl (C=O) groups excluding carboxylic acids is 1. The second-order valence-electron chi connectivity index (χ2n) is 9.64. The lowest BCUT2D eigenvalue weighted by Gasteiger charge is -2.45. The number of nitrogens with zero attached hydrogens (tertiary/aromatic N) is 1. The van der Waals surface area contributed by atoms with Crippen molar-refractivity contribution in [2.75, 3.05) is 19.6 Å². The molecule has 1 N–H and O–H groups in total. The van der Waals surface area contributed by atoms with Crippen LogP contribution in [-0.2, 0) is 17.4 Å². The Morgan fingerprint density at radius 2 is 2.03 bits per heavy atom. The van der Waals surface area contributed by atoms with E-state index in [9.17, 15) is 18.0 Å². The van der Waals surface area contributed by atoms with Crippen LogP contribution in [0.2, 0.25) is 0 Å². The normalized spacial score (nSPS) is 25.7. The molecule has 2 aromatic rings. The first-order valence-corrected chi connectivity index (χ1v) is 10.5. The molecule has 4 rings (SSSR count). The van der Waals surface area contributed by atoms with Crippen molar-refractivity contribution in [3.63, 3.8) is 0 Å². The van der Waals surface area contributed by atoms with E-state index in [4.69, 9.17) is 0 Å². The number of halogens is 3. The quantitative estimate of drug-likeness (QED) is 0.690. The molecule has 1 unspecified atom stereocenters. The van der Waals surface area contributed by atoms with Crippen LogP contribution in [0.5, 0.6) is 0 Å². The van der Waals surface area contributed by atoms with Crippen LogP contribution < -0.4 is 0 Å². The first-order valence-electron chi connectivity index (χ1n) is 10.5. The van der Waals surface area contributed by atoms with E-state index in [2.05, 4.69) is 16.8 Å². The van der Waals surface area contributed by atoms with E-state index in [1.165, 1.54) is 12.1 Å². The summed E-state index contributed by atoms with van der Waals surface area (Å²) in [7, 11) is 0. The molecule has 2 heterocycles. The number of benzene rings is 1. The van der Waals surface area contributed by atoms with Crippen molar-refractivity contribution in [1.29, 1.82) is 0 Å². The summed E-state index contributed by atoms with van der Waals surface area (Å²) in [5, 5.41) is 0.722. The van der Waals surface area contributed by atoms with Crippen LogP contribution in [0.3, 0.4) is 0 Å². The highest BCUT2D eigenvalue weighted by Crippen LogP contribution is 2.47. The summed E-state index contributed by atoms with van der Waals surface area (Å²) in [5.41, 5.74) is 2.10. The Hall–Kier alpha value is -1.82. The summed E-state index contributed by atoms with van der Waals surface area (Å²) in [5.74, 6) is 1.20. The maximum atomic E-state index is 13.2. The molecular weight excluding hydrogens is 377 g/mol. The van der Waals surface area contributed by atoms with Crippen molar-refractivity contribution >= 4 is 17.2 Å². The Morgan fingerprint density at radius 1 is 1.28 bits per heavy atom. The van der Waals surface area contributed by atoms with Gasteiger partial charge < -0.3 is 14.7 Å². The van der Waals surface area contributed by atoms with E-state index >= 15 is 0 Å². The van der Waals surface area contributed by atoms with Gasteiger partial charge in [0.2, 0.25) is 0 Å². The number of aromatic amines is 1. The van der Waals surface area contributed by atoms with Gasteiger partial charge in [0, 0.05) is 28.6 Å². The summed E-state index contributed by atoms with van der Waals surface area (Å²) >= 11 is 0. The number of hydrogen-bond donors (Lipinski definition) is 1. The summed E-state index contributed by atoms with van der Waals surface area (Å²) in [6.07, 6.45) is -0.464. The molecule has 1 saturated heterocycles. The lowest BCUT2D eigenvalue weighted by Crippen LogP contribution is -2.45. The molecule has 1 aromatic heterocycles.